The van der Waals surface area contributed by atoms with E-state index in [4.69, 9.17) is 198 Å². The normalized spacial score (nSPS) is 11.5. The van der Waals surface area contributed by atoms with Crippen LogP contribution in [0.3, 0.4) is 0 Å². The van der Waals surface area contributed by atoms with Gasteiger partial charge in [-0.25, -0.2) is 9.97 Å². The van der Waals surface area contributed by atoms with E-state index in [1.54, 1.807) is 42.5 Å². The summed E-state index contributed by atoms with van der Waals surface area (Å²) in [6, 6.07) is 67.9. The van der Waals surface area contributed by atoms with Crippen LogP contribution < -0.4 is 28.9 Å². The molecule has 12 aromatic carbocycles. The number of nitrogens with zero attached hydrogens (tertiary/aromatic N) is 8. The molecular weight excluding hydrogens is 1630 g/mol. The number of para-hydroxylation sites is 3. The number of aromatic nitrogens is 8. The predicted octanol–water partition coefficient (Wildman–Crippen LogP) is 27.8. The van der Waals surface area contributed by atoms with Gasteiger partial charge in [-0.3, -0.25) is 0 Å². The van der Waals surface area contributed by atoms with Gasteiger partial charge in [0.05, 0.1) is 63.5 Å². The molecule has 5 heterocycles. The van der Waals surface area contributed by atoms with Gasteiger partial charge in [0, 0.05) is 83.1 Å². The second-order valence-corrected chi connectivity index (χ2v) is 28.0. The van der Waals surface area contributed by atoms with Crippen LogP contribution in [0.1, 0.15) is 0 Å². The standard InChI is InChI=1S/C80H36Cl12N8O4.Zn/c81-57-49-53(61(85)69(65(57)89)101-42-29-19-28-41(36-42)37-20-5-1-6-21-37)77-93-73(49)95-78-55-51(59(83)67(91)71(63(55)87)103-47-34-17-14-31-44(47)39-24-9-3-10-25-39)75(97-78)99-80-56-52(60(84)68(92)72(64(56)88)104-48-35-18-15-32-45(48)40-26-11-4-12-27-40)76(100-80)98-79-54-50(74(94-77)96-79)58(82)66(90)70(62(54)86)102-46-33-16-13-30-43(46)38-22-7-2-8-23-38;/h1-36H;/q-2;+2. The summed E-state index contributed by atoms with van der Waals surface area (Å²) in [6.45, 7) is 0. The van der Waals surface area contributed by atoms with E-state index >= 15 is 0 Å². The Morgan fingerprint density at radius 3 is 0.867 bits per heavy atom. The fraction of sp³-hybridized carbons (Fsp3) is 0. The van der Waals surface area contributed by atoms with Crippen molar-refractivity contribution in [2.24, 2.45) is 0 Å². The zero-order valence-corrected chi connectivity index (χ0v) is 65.3. The first-order valence-electron chi connectivity index (χ1n) is 31.4. The minimum atomic E-state index is -0.154. The molecule has 0 aliphatic carbocycles. The van der Waals surface area contributed by atoms with Gasteiger partial charge in [0.15, 0.2) is 23.0 Å². The fourth-order valence-electron chi connectivity index (χ4n) is 12.5. The third-order valence-electron chi connectivity index (χ3n) is 17.3. The van der Waals surface area contributed by atoms with Gasteiger partial charge in [-0.2, -0.15) is 0 Å². The predicted molar refractivity (Wildman–Crippen MR) is 422 cm³/mol. The smallest absolute Gasteiger partial charge is 0.454 e. The van der Waals surface area contributed by atoms with E-state index in [-0.39, 0.29) is 192 Å². The first-order chi connectivity index (χ1) is 50.6. The van der Waals surface area contributed by atoms with Crippen LogP contribution in [0.4, 0.5) is 0 Å². The molecular formula is C80H36Cl12N8O4Zn. The van der Waals surface area contributed by atoms with Crippen LogP contribution in [0.15, 0.2) is 218 Å². The molecule has 0 amide bonds. The average molecular weight is 1660 g/mol. The monoisotopic (exact) mass is 1660 g/mol. The van der Waals surface area contributed by atoms with E-state index in [9.17, 15) is 0 Å². The minimum absolute atomic E-state index is 0. The Labute approximate surface area is 670 Å². The van der Waals surface area contributed by atoms with Crippen molar-refractivity contribution in [3.63, 3.8) is 0 Å². The molecule has 8 bridgehead atoms. The van der Waals surface area contributed by atoms with Crippen LogP contribution in [0.5, 0.6) is 46.0 Å². The second kappa shape index (κ2) is 28.9. The molecule has 0 spiro atoms. The van der Waals surface area contributed by atoms with Crippen molar-refractivity contribution in [3.05, 3.63) is 279 Å². The van der Waals surface area contributed by atoms with Crippen LogP contribution in [0.2, 0.25) is 60.3 Å². The Hall–Kier alpha value is -8.70. The molecule has 3 aromatic heterocycles. The van der Waals surface area contributed by atoms with Crippen molar-refractivity contribution in [2.75, 3.05) is 0 Å². The van der Waals surface area contributed by atoms with Crippen molar-refractivity contribution in [2.45, 2.75) is 0 Å². The van der Waals surface area contributed by atoms with Crippen molar-refractivity contribution >= 4 is 183 Å². The summed E-state index contributed by atoms with van der Waals surface area (Å²) in [7, 11) is 0. The van der Waals surface area contributed by atoms with E-state index in [0.29, 0.717) is 39.7 Å². The molecule has 0 saturated heterocycles. The summed E-state index contributed by atoms with van der Waals surface area (Å²) >= 11 is 91.0. The summed E-state index contributed by atoms with van der Waals surface area (Å²) in [5.74, 6) is 0.582. The molecule has 0 unspecified atom stereocenters. The zero-order chi connectivity index (χ0) is 71.3. The van der Waals surface area contributed by atoms with Crippen LogP contribution in [0, 0.1) is 0 Å². The molecule has 12 nitrogen and oxygen atoms in total. The zero-order valence-electron chi connectivity index (χ0n) is 53.2. The molecule has 0 atom stereocenters. The van der Waals surface area contributed by atoms with Crippen LogP contribution in [0.25, 0.3) is 134 Å². The number of ether oxygens (including phenoxy) is 4. The maximum absolute atomic E-state index is 7.74. The van der Waals surface area contributed by atoms with Crippen LogP contribution >= 0.6 is 139 Å². The van der Waals surface area contributed by atoms with Gasteiger partial charge in [0.1, 0.15) is 43.1 Å². The Bertz CT molecular complexity index is 6200. The maximum atomic E-state index is 7.74. The number of benzene rings is 12. The minimum Gasteiger partial charge on any atom is -0.454 e. The Kier molecular flexibility index (Phi) is 19.4. The molecule has 0 N–H and O–H groups in total. The fourth-order valence-corrected chi connectivity index (χ4v) is 16.0. The van der Waals surface area contributed by atoms with Crippen molar-refractivity contribution in [1.29, 1.82) is 0 Å². The Morgan fingerprint density at radius 1 is 0.229 bits per heavy atom. The third kappa shape index (κ3) is 12.4. The first-order valence-corrected chi connectivity index (χ1v) is 36.0. The summed E-state index contributed by atoms with van der Waals surface area (Å²) < 4.78 is 27.0. The summed E-state index contributed by atoms with van der Waals surface area (Å²) in [5.41, 5.74) is 6.03. The van der Waals surface area contributed by atoms with E-state index < -0.39 is 0 Å². The van der Waals surface area contributed by atoms with Crippen molar-refractivity contribution in [1.82, 2.24) is 39.9 Å². The topological polar surface area (TPSA) is 142 Å². The van der Waals surface area contributed by atoms with Gasteiger partial charge in [0.25, 0.3) is 0 Å². The number of hydrogen-bond donors (Lipinski definition) is 0. The van der Waals surface area contributed by atoms with E-state index in [2.05, 4.69) is 0 Å². The molecule has 105 heavy (non-hydrogen) atoms. The second-order valence-electron chi connectivity index (χ2n) is 23.5. The average Bonchev–Trinajstić information content (AvgIpc) is 1.58. The van der Waals surface area contributed by atoms with Gasteiger partial charge in [-0.05, 0) is 58.1 Å². The molecule has 15 aromatic rings. The SMILES string of the molecule is Clc1c(Cl)c2c(c(Cl)c1Oc1ccccc1-c1ccccc1)-c1nc-2nc2[n-]c(nc3nc(nc4[n-]c(n1)c1c(Cl)c(Cl)c(Oc5cccc(-c6ccccc6)c5)c(Cl)c41)-c1c(Cl)c(Cl)c(Oc4ccccc4-c4ccccc4)c(Cl)c1-3)c1c(Cl)c(Cl)c(Oc3ccccc3-c3ccccc3)c(Cl)c21.[Zn+2]. The molecule has 2 aliphatic heterocycles. The van der Waals surface area contributed by atoms with E-state index in [1.807, 2.05) is 176 Å². The van der Waals surface area contributed by atoms with Gasteiger partial charge in [-0.15, -0.1) is 0 Å². The van der Waals surface area contributed by atoms with Crippen LogP contribution in [-0.2, 0) is 19.5 Å². The number of hydrogen-bond acceptors (Lipinski definition) is 10. The molecule has 17 rings (SSSR count). The number of fused-ring (bicyclic) bond motifs is 20. The quantitative estimate of drug-likeness (QED) is 0.0849. The molecule has 506 valence electrons. The molecule has 25 heteroatoms. The van der Waals surface area contributed by atoms with Gasteiger partial charge >= 0.3 is 19.5 Å². The Balaban J connectivity index is 0.00000847. The van der Waals surface area contributed by atoms with Gasteiger partial charge in [0.2, 0.25) is 0 Å². The summed E-state index contributed by atoms with van der Waals surface area (Å²) in [5, 5.41) is -1.13. The summed E-state index contributed by atoms with van der Waals surface area (Å²) in [4.78, 5) is 41.3. The van der Waals surface area contributed by atoms with Crippen molar-refractivity contribution in [3.8, 4) is 136 Å². The van der Waals surface area contributed by atoms with E-state index in [1.165, 1.54) is 0 Å². The number of halogens is 12. The largest absolute Gasteiger partial charge is 2.00 e. The maximum Gasteiger partial charge on any atom is 2.00 e. The third-order valence-corrected chi connectivity index (χ3v) is 22.1. The van der Waals surface area contributed by atoms with Gasteiger partial charge < -0.3 is 48.9 Å². The molecule has 2 aliphatic rings. The summed E-state index contributed by atoms with van der Waals surface area (Å²) in [6.07, 6.45) is 0. The van der Waals surface area contributed by atoms with Crippen molar-refractivity contribution < 1.29 is 38.4 Å². The first kappa shape index (κ1) is 70.6. The molecule has 0 saturated carbocycles. The molecule has 0 radical (unpaired) electrons. The number of rotatable bonds is 12. The molecule has 0 fully saturated rings. The van der Waals surface area contributed by atoms with E-state index in [0.717, 1.165) is 27.8 Å². The van der Waals surface area contributed by atoms with Crippen LogP contribution in [-0.4, -0.2) is 29.9 Å². The Morgan fingerprint density at radius 2 is 0.505 bits per heavy atom. The van der Waals surface area contributed by atoms with Gasteiger partial charge in [-0.1, -0.05) is 327 Å².